The molecule has 0 heterocycles. The number of benzene rings is 2. The quantitative estimate of drug-likeness (QED) is 0.629. The molecule has 4 heteroatoms. The molecule has 1 N–H and O–H groups in total. The lowest BCUT2D eigenvalue weighted by atomic mass is 10.0. The van der Waals surface area contributed by atoms with Crippen molar-refractivity contribution >= 4 is 39.2 Å². The highest BCUT2D eigenvalue weighted by atomic mass is 79.9. The second-order valence-corrected chi connectivity index (χ2v) is 5.21. The van der Waals surface area contributed by atoms with Crippen molar-refractivity contribution < 1.29 is 5.11 Å². The van der Waals surface area contributed by atoms with Crippen LogP contribution in [-0.4, -0.2) is 5.11 Å². The van der Waals surface area contributed by atoms with Crippen LogP contribution in [0.4, 0.5) is 0 Å². The first-order chi connectivity index (χ1) is 9.10. The van der Waals surface area contributed by atoms with Crippen LogP contribution in [0.2, 0.25) is 5.02 Å². The van der Waals surface area contributed by atoms with E-state index in [2.05, 4.69) is 22.0 Å². The Hall–Kier alpha value is -1.76. The standard InChI is InChI=1S/C15H9BrClNO/c16-13-4-2-11(3-5-13)12(9-18)7-10-1-6-15(19)14(17)8-10/h1-8,19H/b12-7-. The molecule has 2 aromatic carbocycles. The summed E-state index contributed by atoms with van der Waals surface area (Å²) in [7, 11) is 0. The normalized spacial score (nSPS) is 11.1. The van der Waals surface area contributed by atoms with Gasteiger partial charge in [-0.2, -0.15) is 5.26 Å². The van der Waals surface area contributed by atoms with E-state index < -0.39 is 0 Å². The van der Waals surface area contributed by atoms with Gasteiger partial charge in [-0.1, -0.05) is 45.7 Å². The molecule has 0 aliphatic heterocycles. The van der Waals surface area contributed by atoms with Gasteiger partial charge in [-0.05, 0) is 41.5 Å². The largest absolute Gasteiger partial charge is 0.506 e. The lowest BCUT2D eigenvalue weighted by Gasteiger charge is -2.02. The second kappa shape index (κ2) is 5.92. The summed E-state index contributed by atoms with van der Waals surface area (Å²) in [6, 6.07) is 14.5. The lowest BCUT2D eigenvalue weighted by molar-refractivity contribution is 0.475. The molecular weight excluding hydrogens is 326 g/mol. The highest BCUT2D eigenvalue weighted by molar-refractivity contribution is 9.10. The zero-order chi connectivity index (χ0) is 13.8. The molecule has 2 rings (SSSR count). The molecular formula is C15H9BrClNO. The van der Waals surface area contributed by atoms with Crippen molar-refractivity contribution in [1.29, 1.82) is 5.26 Å². The Balaban J connectivity index is 2.41. The van der Waals surface area contributed by atoms with Gasteiger partial charge in [-0.15, -0.1) is 0 Å². The molecule has 0 fully saturated rings. The van der Waals surface area contributed by atoms with E-state index in [4.69, 9.17) is 11.6 Å². The monoisotopic (exact) mass is 333 g/mol. The van der Waals surface area contributed by atoms with Crippen molar-refractivity contribution in [3.05, 3.63) is 63.1 Å². The van der Waals surface area contributed by atoms with Crippen molar-refractivity contribution in [3.63, 3.8) is 0 Å². The van der Waals surface area contributed by atoms with Crippen LogP contribution in [-0.2, 0) is 0 Å². The Bertz CT molecular complexity index is 672. The van der Waals surface area contributed by atoms with E-state index in [9.17, 15) is 10.4 Å². The number of phenols is 1. The van der Waals surface area contributed by atoms with Crippen LogP contribution in [0.25, 0.3) is 11.6 Å². The summed E-state index contributed by atoms with van der Waals surface area (Å²) in [5.74, 6) is 0.0287. The number of allylic oxidation sites excluding steroid dienone is 1. The number of hydrogen-bond acceptors (Lipinski definition) is 2. The molecule has 2 nitrogen and oxygen atoms in total. The molecule has 0 bridgehead atoms. The molecule has 0 atom stereocenters. The number of rotatable bonds is 2. The van der Waals surface area contributed by atoms with E-state index in [-0.39, 0.29) is 10.8 Å². The van der Waals surface area contributed by atoms with Gasteiger partial charge in [0.05, 0.1) is 16.7 Å². The first-order valence-electron chi connectivity index (χ1n) is 5.46. The number of nitriles is 1. The minimum Gasteiger partial charge on any atom is -0.506 e. The predicted molar refractivity (Wildman–Crippen MR) is 80.7 cm³/mol. The summed E-state index contributed by atoms with van der Waals surface area (Å²) in [5, 5.41) is 18.8. The molecule has 0 aliphatic rings. The zero-order valence-electron chi connectivity index (χ0n) is 9.77. The average molecular weight is 335 g/mol. The zero-order valence-corrected chi connectivity index (χ0v) is 12.1. The minimum atomic E-state index is 0.0287. The van der Waals surface area contributed by atoms with E-state index in [1.807, 2.05) is 24.3 Å². The third kappa shape index (κ3) is 3.37. The third-order valence-electron chi connectivity index (χ3n) is 2.56. The highest BCUT2D eigenvalue weighted by Gasteiger charge is 2.03. The van der Waals surface area contributed by atoms with Crippen molar-refractivity contribution in [2.75, 3.05) is 0 Å². The fourth-order valence-electron chi connectivity index (χ4n) is 1.59. The maximum atomic E-state index is 9.36. The molecule has 0 spiro atoms. The van der Waals surface area contributed by atoms with Crippen LogP contribution in [0.5, 0.6) is 5.75 Å². The smallest absolute Gasteiger partial charge is 0.134 e. The highest BCUT2D eigenvalue weighted by Crippen LogP contribution is 2.26. The fraction of sp³-hybridized carbons (Fsp3) is 0. The maximum absolute atomic E-state index is 9.36. The Kier molecular flexibility index (Phi) is 4.26. The second-order valence-electron chi connectivity index (χ2n) is 3.89. The summed E-state index contributed by atoms with van der Waals surface area (Å²) >= 11 is 9.19. The summed E-state index contributed by atoms with van der Waals surface area (Å²) in [6.45, 7) is 0. The molecule has 0 aromatic heterocycles. The fourth-order valence-corrected chi connectivity index (χ4v) is 2.04. The summed E-state index contributed by atoms with van der Waals surface area (Å²) < 4.78 is 0.959. The number of hydrogen-bond donors (Lipinski definition) is 1. The summed E-state index contributed by atoms with van der Waals surface area (Å²) in [5.41, 5.74) is 2.13. The third-order valence-corrected chi connectivity index (χ3v) is 3.39. The first-order valence-corrected chi connectivity index (χ1v) is 6.63. The van der Waals surface area contributed by atoms with Crippen LogP contribution in [0.1, 0.15) is 11.1 Å². The molecule has 19 heavy (non-hydrogen) atoms. The molecule has 0 aliphatic carbocycles. The Morgan fingerprint density at radius 2 is 1.89 bits per heavy atom. The van der Waals surface area contributed by atoms with E-state index in [1.54, 1.807) is 18.2 Å². The molecule has 2 aromatic rings. The van der Waals surface area contributed by atoms with Crippen LogP contribution in [0, 0.1) is 11.3 Å². The van der Waals surface area contributed by atoms with Gasteiger partial charge in [0.15, 0.2) is 0 Å². The minimum absolute atomic E-state index is 0.0287. The van der Waals surface area contributed by atoms with E-state index >= 15 is 0 Å². The van der Waals surface area contributed by atoms with E-state index in [0.717, 1.165) is 15.6 Å². The first kappa shape index (κ1) is 13.7. The van der Waals surface area contributed by atoms with E-state index in [1.165, 1.54) is 6.07 Å². The number of halogens is 2. The van der Waals surface area contributed by atoms with Gasteiger partial charge in [0.2, 0.25) is 0 Å². The van der Waals surface area contributed by atoms with Crippen molar-refractivity contribution in [2.45, 2.75) is 0 Å². The lowest BCUT2D eigenvalue weighted by Crippen LogP contribution is -1.82. The Morgan fingerprint density at radius 1 is 1.21 bits per heavy atom. The van der Waals surface area contributed by atoms with Gasteiger partial charge < -0.3 is 5.11 Å². The van der Waals surface area contributed by atoms with Gasteiger partial charge in [-0.25, -0.2) is 0 Å². The van der Waals surface area contributed by atoms with Crippen LogP contribution in [0.3, 0.4) is 0 Å². The summed E-state index contributed by atoms with van der Waals surface area (Å²) in [4.78, 5) is 0. The van der Waals surface area contributed by atoms with Gasteiger partial charge >= 0.3 is 0 Å². The topological polar surface area (TPSA) is 44.0 Å². The van der Waals surface area contributed by atoms with Gasteiger partial charge in [-0.3, -0.25) is 0 Å². The molecule has 94 valence electrons. The van der Waals surface area contributed by atoms with Crippen molar-refractivity contribution in [1.82, 2.24) is 0 Å². The van der Waals surface area contributed by atoms with Crippen molar-refractivity contribution in [3.8, 4) is 11.8 Å². The van der Waals surface area contributed by atoms with Gasteiger partial charge in [0, 0.05) is 4.47 Å². The molecule has 0 saturated carbocycles. The molecule has 0 saturated heterocycles. The molecule has 0 amide bonds. The Morgan fingerprint density at radius 3 is 2.47 bits per heavy atom. The van der Waals surface area contributed by atoms with Gasteiger partial charge in [0.25, 0.3) is 0 Å². The Labute approximate surface area is 124 Å². The average Bonchev–Trinajstić information content (AvgIpc) is 2.41. The van der Waals surface area contributed by atoms with Crippen LogP contribution in [0.15, 0.2) is 46.9 Å². The van der Waals surface area contributed by atoms with Crippen LogP contribution < -0.4 is 0 Å². The maximum Gasteiger partial charge on any atom is 0.134 e. The molecule has 0 unspecified atom stereocenters. The molecule has 0 radical (unpaired) electrons. The number of phenolic OH excluding ortho intramolecular Hbond substituents is 1. The summed E-state index contributed by atoms with van der Waals surface area (Å²) in [6.07, 6.45) is 1.73. The van der Waals surface area contributed by atoms with Crippen molar-refractivity contribution in [2.24, 2.45) is 0 Å². The predicted octanol–water partition coefficient (Wildman–Crippen LogP) is 4.87. The van der Waals surface area contributed by atoms with Gasteiger partial charge in [0.1, 0.15) is 5.75 Å². The van der Waals surface area contributed by atoms with Crippen LogP contribution >= 0.6 is 27.5 Å². The SMILES string of the molecule is N#C/C(=C/c1ccc(O)c(Cl)c1)c1ccc(Br)cc1. The van der Waals surface area contributed by atoms with E-state index in [0.29, 0.717) is 5.57 Å². The number of nitrogens with zero attached hydrogens (tertiary/aromatic N) is 1. The number of aromatic hydroxyl groups is 1.